The number of para-hydroxylation sites is 1. The molecular weight excluding hydrogens is 359 g/mol. The SMILES string of the molecule is O=S(=O)(c1ccccc1F)N1CCC[C@H](c2nc3ccccc3s2)C1. The fraction of sp³-hybridized carbons (Fsp3) is 0.278. The zero-order valence-electron chi connectivity index (χ0n) is 13.4. The molecular formula is C18H17FN2O2S2. The monoisotopic (exact) mass is 376 g/mol. The van der Waals surface area contributed by atoms with E-state index in [0.717, 1.165) is 28.1 Å². The van der Waals surface area contributed by atoms with E-state index in [2.05, 4.69) is 4.98 Å². The largest absolute Gasteiger partial charge is 0.246 e. The van der Waals surface area contributed by atoms with Gasteiger partial charge in [-0.2, -0.15) is 4.31 Å². The van der Waals surface area contributed by atoms with Gasteiger partial charge in [0.2, 0.25) is 10.0 Å². The van der Waals surface area contributed by atoms with Crippen LogP contribution in [0.2, 0.25) is 0 Å². The van der Waals surface area contributed by atoms with Gasteiger partial charge in [0.1, 0.15) is 10.7 Å². The van der Waals surface area contributed by atoms with Crippen LogP contribution in [0.4, 0.5) is 4.39 Å². The molecule has 0 amide bonds. The lowest BCUT2D eigenvalue weighted by molar-refractivity contribution is 0.314. The Kier molecular flexibility index (Phi) is 4.31. The first-order valence-electron chi connectivity index (χ1n) is 8.16. The maximum atomic E-state index is 14.0. The highest BCUT2D eigenvalue weighted by Gasteiger charge is 2.33. The first kappa shape index (κ1) is 16.6. The van der Waals surface area contributed by atoms with Gasteiger partial charge < -0.3 is 0 Å². The molecule has 1 fully saturated rings. The van der Waals surface area contributed by atoms with Crippen molar-refractivity contribution in [2.75, 3.05) is 13.1 Å². The number of sulfonamides is 1. The van der Waals surface area contributed by atoms with E-state index in [-0.39, 0.29) is 10.8 Å². The fourth-order valence-corrected chi connectivity index (χ4v) is 5.90. The summed E-state index contributed by atoms with van der Waals surface area (Å²) < 4.78 is 42.1. The lowest BCUT2D eigenvalue weighted by Gasteiger charge is -2.31. The zero-order chi connectivity index (χ0) is 17.4. The van der Waals surface area contributed by atoms with Crippen LogP contribution in [0.1, 0.15) is 23.8 Å². The van der Waals surface area contributed by atoms with E-state index < -0.39 is 15.8 Å². The average molecular weight is 376 g/mol. The van der Waals surface area contributed by atoms with Crippen molar-refractivity contribution >= 4 is 31.6 Å². The lowest BCUT2D eigenvalue weighted by Crippen LogP contribution is -2.39. The molecule has 0 N–H and O–H groups in total. The highest BCUT2D eigenvalue weighted by atomic mass is 32.2. The van der Waals surface area contributed by atoms with E-state index in [0.29, 0.717) is 13.1 Å². The second-order valence-corrected chi connectivity index (χ2v) is 9.12. The summed E-state index contributed by atoms with van der Waals surface area (Å²) in [6.45, 7) is 0.758. The summed E-state index contributed by atoms with van der Waals surface area (Å²) in [4.78, 5) is 4.42. The maximum Gasteiger partial charge on any atom is 0.246 e. The Morgan fingerprint density at radius 1 is 1.12 bits per heavy atom. The Bertz CT molecular complexity index is 984. The highest BCUT2D eigenvalue weighted by Crippen LogP contribution is 2.34. The fourth-order valence-electron chi connectivity index (χ4n) is 3.22. The van der Waals surface area contributed by atoms with E-state index in [9.17, 15) is 12.8 Å². The molecule has 4 rings (SSSR count). The summed E-state index contributed by atoms with van der Waals surface area (Å²) >= 11 is 1.61. The van der Waals surface area contributed by atoms with Crippen LogP contribution in [0.5, 0.6) is 0 Å². The molecule has 1 aliphatic rings. The van der Waals surface area contributed by atoms with E-state index in [4.69, 9.17) is 0 Å². The molecule has 4 nitrogen and oxygen atoms in total. The van der Waals surface area contributed by atoms with Gasteiger partial charge in [-0.3, -0.25) is 0 Å². The molecule has 0 aliphatic carbocycles. The first-order chi connectivity index (χ1) is 12.1. The number of thiazole rings is 1. The van der Waals surface area contributed by atoms with Crippen LogP contribution in [-0.2, 0) is 10.0 Å². The van der Waals surface area contributed by atoms with Crippen LogP contribution in [0.3, 0.4) is 0 Å². The lowest BCUT2D eigenvalue weighted by atomic mass is 10.0. The average Bonchev–Trinajstić information content (AvgIpc) is 3.06. The molecule has 3 aromatic rings. The second kappa shape index (κ2) is 6.48. The molecule has 0 spiro atoms. The molecule has 0 bridgehead atoms. The minimum Gasteiger partial charge on any atom is -0.241 e. The third-order valence-electron chi connectivity index (χ3n) is 4.50. The molecule has 1 saturated heterocycles. The van der Waals surface area contributed by atoms with Crippen molar-refractivity contribution in [2.45, 2.75) is 23.7 Å². The van der Waals surface area contributed by atoms with Gasteiger partial charge in [0, 0.05) is 19.0 Å². The Balaban J connectivity index is 1.63. The summed E-state index contributed by atoms with van der Waals surface area (Å²) in [7, 11) is -3.83. The van der Waals surface area contributed by atoms with Gasteiger partial charge in [0.15, 0.2) is 0 Å². The molecule has 7 heteroatoms. The standard InChI is InChI=1S/C18H17FN2O2S2/c19-14-7-1-4-10-17(14)25(22,23)21-11-5-6-13(12-21)18-20-15-8-2-3-9-16(15)24-18/h1-4,7-10,13H,5-6,11-12H2/t13-/m0/s1. The van der Waals surface area contributed by atoms with Gasteiger partial charge in [-0.1, -0.05) is 24.3 Å². The summed E-state index contributed by atoms with van der Waals surface area (Å²) in [6, 6.07) is 13.5. The molecule has 0 radical (unpaired) electrons. The van der Waals surface area contributed by atoms with Crippen LogP contribution < -0.4 is 0 Å². The van der Waals surface area contributed by atoms with Crippen molar-refractivity contribution in [3.8, 4) is 0 Å². The van der Waals surface area contributed by atoms with Gasteiger partial charge in [0.25, 0.3) is 0 Å². The summed E-state index contributed by atoms with van der Waals surface area (Å²) in [5, 5.41) is 0.953. The maximum absolute atomic E-state index is 14.0. The summed E-state index contributed by atoms with van der Waals surface area (Å²) in [5.41, 5.74) is 0.941. The third-order valence-corrected chi connectivity index (χ3v) is 7.60. The minimum atomic E-state index is -3.83. The van der Waals surface area contributed by atoms with Crippen LogP contribution in [-0.4, -0.2) is 30.8 Å². The van der Waals surface area contributed by atoms with Crippen molar-refractivity contribution < 1.29 is 12.8 Å². The number of piperidine rings is 1. The summed E-state index contributed by atoms with van der Waals surface area (Å²) in [6.07, 6.45) is 1.64. The molecule has 1 aromatic heterocycles. The van der Waals surface area contributed by atoms with Gasteiger partial charge in [-0.05, 0) is 37.1 Å². The molecule has 130 valence electrons. The van der Waals surface area contributed by atoms with Gasteiger partial charge >= 0.3 is 0 Å². The topological polar surface area (TPSA) is 50.3 Å². The number of hydrogen-bond acceptors (Lipinski definition) is 4. The molecule has 2 aromatic carbocycles. The molecule has 0 unspecified atom stereocenters. The Morgan fingerprint density at radius 2 is 1.88 bits per heavy atom. The first-order valence-corrected chi connectivity index (χ1v) is 10.4. The predicted octanol–water partition coefficient (Wildman–Crippen LogP) is 4.00. The molecule has 0 saturated carbocycles. The van der Waals surface area contributed by atoms with E-state index >= 15 is 0 Å². The van der Waals surface area contributed by atoms with Crippen LogP contribution in [0.15, 0.2) is 53.4 Å². The van der Waals surface area contributed by atoms with Crippen LogP contribution >= 0.6 is 11.3 Å². The smallest absolute Gasteiger partial charge is 0.241 e. The van der Waals surface area contributed by atoms with Crippen molar-refractivity contribution in [1.82, 2.24) is 9.29 Å². The van der Waals surface area contributed by atoms with Crippen molar-refractivity contribution in [2.24, 2.45) is 0 Å². The van der Waals surface area contributed by atoms with E-state index in [1.165, 1.54) is 22.5 Å². The molecule has 25 heavy (non-hydrogen) atoms. The normalized spacial score (nSPS) is 19.3. The van der Waals surface area contributed by atoms with Gasteiger partial charge in [0.05, 0.1) is 15.2 Å². The number of benzene rings is 2. The number of halogens is 1. The van der Waals surface area contributed by atoms with E-state index in [1.54, 1.807) is 17.4 Å². The predicted molar refractivity (Wildman–Crippen MR) is 96.8 cm³/mol. The Labute approximate surface area is 150 Å². The quantitative estimate of drug-likeness (QED) is 0.694. The Morgan fingerprint density at radius 3 is 2.68 bits per heavy atom. The van der Waals surface area contributed by atoms with Crippen LogP contribution in [0.25, 0.3) is 10.2 Å². The van der Waals surface area contributed by atoms with Crippen molar-refractivity contribution in [3.05, 3.63) is 59.4 Å². The molecule has 2 heterocycles. The number of rotatable bonds is 3. The Hall–Kier alpha value is -1.83. The van der Waals surface area contributed by atoms with E-state index in [1.807, 2.05) is 24.3 Å². The second-order valence-electron chi connectivity index (χ2n) is 6.15. The number of fused-ring (bicyclic) bond motifs is 1. The molecule has 1 atom stereocenters. The van der Waals surface area contributed by atoms with Crippen LogP contribution in [0, 0.1) is 5.82 Å². The van der Waals surface area contributed by atoms with Gasteiger partial charge in [-0.25, -0.2) is 17.8 Å². The van der Waals surface area contributed by atoms with Crippen molar-refractivity contribution in [3.63, 3.8) is 0 Å². The van der Waals surface area contributed by atoms with Crippen molar-refractivity contribution in [1.29, 1.82) is 0 Å². The zero-order valence-corrected chi connectivity index (χ0v) is 15.1. The minimum absolute atomic E-state index is 0.0488. The molecule has 1 aliphatic heterocycles. The highest BCUT2D eigenvalue weighted by molar-refractivity contribution is 7.89. The number of hydrogen-bond donors (Lipinski definition) is 0. The van der Waals surface area contributed by atoms with Gasteiger partial charge in [-0.15, -0.1) is 11.3 Å². The number of nitrogens with zero attached hydrogens (tertiary/aromatic N) is 2. The third kappa shape index (κ3) is 3.07. The number of aromatic nitrogens is 1. The summed E-state index contributed by atoms with van der Waals surface area (Å²) in [5.74, 6) is -0.655.